The van der Waals surface area contributed by atoms with Gasteiger partial charge < -0.3 is 13.3 Å². The Morgan fingerprint density at radius 3 is 1.56 bits per heavy atom. The first-order valence-electron chi connectivity index (χ1n) is 10.5. The Morgan fingerprint density at radius 1 is 0.640 bits per heavy atom. The van der Waals surface area contributed by atoms with Gasteiger partial charge in [0.25, 0.3) is 0 Å². The Hall–Kier alpha value is 0.447. The van der Waals surface area contributed by atoms with Gasteiger partial charge in [0.05, 0.1) is 0 Å². The third kappa shape index (κ3) is 15.2. The lowest BCUT2D eigenvalue weighted by Gasteiger charge is -2.28. The highest BCUT2D eigenvalue weighted by Crippen LogP contribution is 2.20. The van der Waals surface area contributed by atoms with Crippen molar-refractivity contribution in [1.29, 1.82) is 0 Å². The molecule has 0 aliphatic carbocycles. The molecule has 5 heteroatoms. The summed E-state index contributed by atoms with van der Waals surface area (Å²) in [4.78, 5) is 0. The van der Waals surface area contributed by atoms with E-state index < -0.39 is 8.80 Å². The van der Waals surface area contributed by atoms with E-state index >= 15 is 0 Å². The van der Waals surface area contributed by atoms with Crippen LogP contribution in [0, 0.1) is 6.92 Å². The smallest absolute Gasteiger partial charge is 0.374 e. The van der Waals surface area contributed by atoms with Crippen molar-refractivity contribution in [2.24, 2.45) is 0 Å². The minimum absolute atomic E-state index is 0.675. The molecule has 0 rings (SSSR count). The van der Waals surface area contributed by atoms with Crippen LogP contribution in [0.1, 0.15) is 85.0 Å². The van der Waals surface area contributed by atoms with Gasteiger partial charge in [0, 0.05) is 25.9 Å². The van der Waals surface area contributed by atoms with Gasteiger partial charge in [-0.25, -0.2) is 0 Å². The molecule has 0 heterocycles. The van der Waals surface area contributed by atoms with Crippen LogP contribution >= 0.6 is 11.8 Å². The van der Waals surface area contributed by atoms with Crippen LogP contribution in [0.5, 0.6) is 0 Å². The van der Waals surface area contributed by atoms with E-state index in [9.17, 15) is 0 Å². The molecule has 25 heavy (non-hydrogen) atoms. The maximum atomic E-state index is 5.90. The van der Waals surface area contributed by atoms with Crippen LogP contribution < -0.4 is 0 Å². The zero-order valence-corrected chi connectivity index (χ0v) is 19.0. The fraction of sp³-hybridized carbons (Fsp3) is 0.950. The Bertz CT molecular complexity index is 250. The molecule has 0 aromatic heterocycles. The predicted molar refractivity (Wildman–Crippen MR) is 114 cm³/mol. The van der Waals surface area contributed by atoms with Crippen molar-refractivity contribution in [2.45, 2.75) is 91.0 Å². The van der Waals surface area contributed by atoms with Gasteiger partial charge in [0.1, 0.15) is 0 Å². The molecule has 3 nitrogen and oxygen atoms in total. The third-order valence-corrected chi connectivity index (χ3v) is 8.46. The Labute approximate surface area is 163 Å². The molecule has 0 atom stereocenters. The number of thioether (sulfide) groups is 1. The molecule has 0 bridgehead atoms. The van der Waals surface area contributed by atoms with Gasteiger partial charge in [-0.2, -0.15) is 11.8 Å². The average Bonchev–Trinajstić information content (AvgIpc) is 2.60. The van der Waals surface area contributed by atoms with Crippen molar-refractivity contribution in [3.05, 3.63) is 6.92 Å². The Balaban J connectivity index is 3.56. The van der Waals surface area contributed by atoms with Crippen LogP contribution in [-0.4, -0.2) is 40.1 Å². The second-order valence-corrected chi connectivity index (χ2v) is 10.3. The monoisotopic (exact) mass is 391 g/mol. The standard InChI is InChI=1S/C20H43O3SSi/c1-5-9-10-11-12-13-14-15-16-18-24-19-17-20-25(21-6-2,22-7-3)23-8-4/h1,5-20H2,2-4H3. The molecule has 0 aromatic rings. The molecule has 151 valence electrons. The minimum Gasteiger partial charge on any atom is -0.374 e. The molecule has 0 N–H and O–H groups in total. The Morgan fingerprint density at radius 2 is 1.08 bits per heavy atom. The average molecular weight is 392 g/mol. The number of rotatable bonds is 20. The van der Waals surface area contributed by atoms with Gasteiger partial charge >= 0.3 is 8.80 Å². The highest BCUT2D eigenvalue weighted by atomic mass is 32.2. The van der Waals surface area contributed by atoms with E-state index in [0.29, 0.717) is 19.8 Å². The van der Waals surface area contributed by atoms with Gasteiger partial charge in [0.15, 0.2) is 0 Å². The van der Waals surface area contributed by atoms with E-state index in [1.165, 1.54) is 62.9 Å². The third-order valence-electron chi connectivity index (χ3n) is 4.15. The van der Waals surface area contributed by atoms with Gasteiger partial charge in [-0.3, -0.25) is 0 Å². The lowest BCUT2D eigenvalue weighted by Crippen LogP contribution is -2.46. The molecule has 0 unspecified atom stereocenters. The van der Waals surface area contributed by atoms with Crippen LogP contribution in [0.2, 0.25) is 6.04 Å². The van der Waals surface area contributed by atoms with Crippen molar-refractivity contribution < 1.29 is 13.3 Å². The van der Waals surface area contributed by atoms with Crippen molar-refractivity contribution in [2.75, 3.05) is 31.3 Å². The van der Waals surface area contributed by atoms with E-state index in [1.54, 1.807) is 0 Å². The van der Waals surface area contributed by atoms with Crippen LogP contribution in [-0.2, 0) is 13.3 Å². The van der Waals surface area contributed by atoms with Crippen molar-refractivity contribution >= 4 is 20.6 Å². The van der Waals surface area contributed by atoms with E-state index in [0.717, 1.165) is 18.9 Å². The molecule has 1 radical (unpaired) electrons. The van der Waals surface area contributed by atoms with Crippen LogP contribution in [0.15, 0.2) is 0 Å². The summed E-state index contributed by atoms with van der Waals surface area (Å²) >= 11 is 2.07. The highest BCUT2D eigenvalue weighted by Gasteiger charge is 2.39. The predicted octanol–water partition coefficient (Wildman–Crippen LogP) is 6.50. The molecule has 0 saturated heterocycles. The van der Waals surface area contributed by atoms with Crippen LogP contribution in [0.3, 0.4) is 0 Å². The Kier molecular flexibility index (Phi) is 19.6. The molecule has 0 fully saturated rings. The first-order chi connectivity index (χ1) is 12.2. The lowest BCUT2D eigenvalue weighted by atomic mass is 10.1. The molecule has 0 aliphatic heterocycles. The molecule has 0 aromatic carbocycles. The fourth-order valence-corrected chi connectivity index (χ4v) is 6.76. The maximum Gasteiger partial charge on any atom is 0.500 e. The molecule has 0 saturated carbocycles. The summed E-state index contributed by atoms with van der Waals surface area (Å²) in [6.45, 7) is 12.0. The zero-order valence-electron chi connectivity index (χ0n) is 17.2. The quantitative estimate of drug-likeness (QED) is 0.175. The maximum absolute atomic E-state index is 5.90. The van der Waals surface area contributed by atoms with E-state index in [4.69, 9.17) is 13.3 Å². The second-order valence-electron chi connectivity index (χ2n) is 6.38. The first kappa shape index (κ1) is 25.4. The summed E-state index contributed by atoms with van der Waals surface area (Å²) in [5, 5.41) is 0. The van der Waals surface area contributed by atoms with Gasteiger partial charge in [-0.1, -0.05) is 58.3 Å². The number of hydrogen-bond acceptors (Lipinski definition) is 4. The largest absolute Gasteiger partial charge is 0.500 e. The van der Waals surface area contributed by atoms with E-state index in [-0.39, 0.29) is 0 Å². The summed E-state index contributed by atoms with van der Waals surface area (Å²) < 4.78 is 17.7. The summed E-state index contributed by atoms with van der Waals surface area (Å²) in [6.07, 6.45) is 13.3. The molecule has 0 amide bonds. The van der Waals surface area contributed by atoms with Crippen LogP contribution in [0.4, 0.5) is 0 Å². The molecule has 0 spiro atoms. The molecular weight excluding hydrogens is 348 g/mol. The summed E-state index contributed by atoms with van der Waals surface area (Å²) in [5.74, 6) is 2.47. The summed E-state index contributed by atoms with van der Waals surface area (Å²) in [7, 11) is -2.41. The SMILES string of the molecule is [CH2]CCCCCCCCCCSCCC[Si](OCC)(OCC)OCC. The van der Waals surface area contributed by atoms with Crippen molar-refractivity contribution in [3.8, 4) is 0 Å². The molecule has 0 aliphatic rings. The topological polar surface area (TPSA) is 27.7 Å². The second kappa shape index (κ2) is 19.2. The minimum atomic E-state index is -2.41. The molecular formula is C20H43O3SSi. The first-order valence-corrected chi connectivity index (χ1v) is 13.6. The van der Waals surface area contributed by atoms with Gasteiger partial charge in [0.2, 0.25) is 0 Å². The van der Waals surface area contributed by atoms with Crippen LogP contribution in [0.25, 0.3) is 0 Å². The fourth-order valence-electron chi connectivity index (χ4n) is 2.94. The normalized spacial score (nSPS) is 12.0. The number of unbranched alkanes of at least 4 members (excludes halogenated alkanes) is 8. The number of hydrogen-bond donors (Lipinski definition) is 0. The highest BCUT2D eigenvalue weighted by molar-refractivity contribution is 7.99. The van der Waals surface area contributed by atoms with Gasteiger partial charge in [-0.05, 0) is 45.1 Å². The van der Waals surface area contributed by atoms with Crippen molar-refractivity contribution in [1.82, 2.24) is 0 Å². The van der Waals surface area contributed by atoms with E-state index in [2.05, 4.69) is 18.7 Å². The summed E-state index contributed by atoms with van der Waals surface area (Å²) in [6, 6.07) is 0.947. The lowest BCUT2D eigenvalue weighted by molar-refractivity contribution is 0.0712. The van der Waals surface area contributed by atoms with Crippen molar-refractivity contribution in [3.63, 3.8) is 0 Å². The van der Waals surface area contributed by atoms with Gasteiger partial charge in [-0.15, -0.1) is 0 Å². The zero-order chi connectivity index (χ0) is 18.6. The summed E-state index contributed by atoms with van der Waals surface area (Å²) in [5.41, 5.74) is 0. The van der Waals surface area contributed by atoms with E-state index in [1.807, 2.05) is 20.8 Å².